The van der Waals surface area contributed by atoms with E-state index in [1.165, 1.54) is 23.9 Å². The van der Waals surface area contributed by atoms with Crippen molar-refractivity contribution in [3.63, 3.8) is 0 Å². The van der Waals surface area contributed by atoms with Crippen LogP contribution in [0.15, 0.2) is 35.1 Å². The first-order valence-corrected chi connectivity index (χ1v) is 9.35. The summed E-state index contributed by atoms with van der Waals surface area (Å²) < 4.78 is 10.3. The second-order valence-electron chi connectivity index (χ2n) is 6.28. The van der Waals surface area contributed by atoms with Crippen molar-refractivity contribution >= 4 is 23.2 Å². The fourth-order valence-electron chi connectivity index (χ4n) is 3.43. The van der Waals surface area contributed by atoms with Gasteiger partial charge in [-0.2, -0.15) is 0 Å². The fraction of sp³-hybridized carbons (Fsp3) is 0.444. The minimum Gasteiger partial charge on any atom is -0.472 e. The number of carbonyl (C=O) groups excluding carboxylic acids is 2. The third-order valence-corrected chi connectivity index (χ3v) is 5.92. The van der Waals surface area contributed by atoms with Gasteiger partial charge in [0.2, 0.25) is 0 Å². The first kappa shape index (κ1) is 16.4. The standard InChI is InChI=1S/C18H20N2O4S/c21-17(13-5-9-24-12-13)20-6-1-2-14(20)15-3-4-16(25-15)18(22)19-7-10-23-11-8-19/h3-5,9,12,14H,1-2,6-8,10-11H2/t14-/m0/s1. The van der Waals surface area contributed by atoms with Crippen molar-refractivity contribution in [2.75, 3.05) is 32.8 Å². The second kappa shape index (κ2) is 7.01. The van der Waals surface area contributed by atoms with Crippen LogP contribution in [0.4, 0.5) is 0 Å². The van der Waals surface area contributed by atoms with Crippen LogP contribution >= 0.6 is 11.3 Å². The number of nitrogens with zero attached hydrogens (tertiary/aromatic N) is 2. The molecule has 2 aliphatic heterocycles. The molecule has 0 aliphatic carbocycles. The Kier molecular flexibility index (Phi) is 4.59. The lowest BCUT2D eigenvalue weighted by Gasteiger charge is -2.26. The van der Waals surface area contributed by atoms with Gasteiger partial charge < -0.3 is 19.0 Å². The molecule has 0 aromatic carbocycles. The summed E-state index contributed by atoms with van der Waals surface area (Å²) in [5.41, 5.74) is 0.577. The minimum absolute atomic E-state index is 0.00861. The van der Waals surface area contributed by atoms with E-state index < -0.39 is 0 Å². The Hall–Kier alpha value is -2.12. The van der Waals surface area contributed by atoms with Crippen molar-refractivity contribution < 1.29 is 18.7 Å². The van der Waals surface area contributed by atoms with Gasteiger partial charge in [0.1, 0.15) is 6.26 Å². The number of furan rings is 1. The molecular formula is C18H20N2O4S. The minimum atomic E-state index is -0.00861. The molecule has 2 aliphatic rings. The van der Waals surface area contributed by atoms with E-state index >= 15 is 0 Å². The molecule has 2 aromatic rings. The van der Waals surface area contributed by atoms with E-state index in [0.717, 1.165) is 29.1 Å². The highest BCUT2D eigenvalue weighted by Gasteiger charge is 2.32. The van der Waals surface area contributed by atoms with E-state index in [4.69, 9.17) is 9.15 Å². The smallest absolute Gasteiger partial charge is 0.264 e. The van der Waals surface area contributed by atoms with Gasteiger partial charge in [-0.3, -0.25) is 9.59 Å². The van der Waals surface area contributed by atoms with Gasteiger partial charge >= 0.3 is 0 Å². The Bertz CT molecular complexity index is 749. The molecule has 1 atom stereocenters. The number of ether oxygens (including phenoxy) is 1. The number of rotatable bonds is 3. The van der Waals surface area contributed by atoms with E-state index in [1.54, 1.807) is 6.07 Å². The van der Waals surface area contributed by atoms with Crippen LogP contribution in [0.1, 0.15) is 43.8 Å². The summed E-state index contributed by atoms with van der Waals surface area (Å²) in [4.78, 5) is 30.8. The summed E-state index contributed by atoms with van der Waals surface area (Å²) in [5, 5.41) is 0. The Morgan fingerprint density at radius 3 is 2.68 bits per heavy atom. The summed E-state index contributed by atoms with van der Waals surface area (Å²) in [6.07, 6.45) is 4.90. The van der Waals surface area contributed by atoms with Crippen LogP contribution in [0.3, 0.4) is 0 Å². The zero-order valence-corrected chi connectivity index (χ0v) is 14.7. The van der Waals surface area contributed by atoms with Gasteiger partial charge in [0.15, 0.2) is 0 Å². The highest BCUT2D eigenvalue weighted by molar-refractivity contribution is 7.14. The van der Waals surface area contributed by atoms with E-state index in [0.29, 0.717) is 31.9 Å². The van der Waals surface area contributed by atoms with E-state index in [-0.39, 0.29) is 17.9 Å². The van der Waals surface area contributed by atoms with Gasteiger partial charge in [0, 0.05) is 24.5 Å². The predicted octanol–water partition coefficient (Wildman–Crippen LogP) is 2.79. The molecule has 0 radical (unpaired) electrons. The molecule has 6 nitrogen and oxygen atoms in total. The van der Waals surface area contributed by atoms with Crippen molar-refractivity contribution in [2.24, 2.45) is 0 Å². The van der Waals surface area contributed by atoms with Crippen molar-refractivity contribution in [1.29, 1.82) is 0 Å². The van der Waals surface area contributed by atoms with E-state index in [9.17, 15) is 9.59 Å². The molecule has 7 heteroatoms. The molecule has 2 fully saturated rings. The maximum atomic E-state index is 12.7. The number of morpholine rings is 1. The third kappa shape index (κ3) is 3.21. The Labute approximate surface area is 150 Å². The molecule has 132 valence electrons. The molecule has 0 unspecified atom stereocenters. The first-order valence-electron chi connectivity index (χ1n) is 8.54. The Balaban J connectivity index is 1.50. The molecule has 25 heavy (non-hydrogen) atoms. The van der Waals surface area contributed by atoms with Crippen molar-refractivity contribution in [2.45, 2.75) is 18.9 Å². The monoisotopic (exact) mass is 360 g/mol. The Morgan fingerprint density at radius 2 is 1.92 bits per heavy atom. The predicted molar refractivity (Wildman–Crippen MR) is 92.8 cm³/mol. The topological polar surface area (TPSA) is 63.0 Å². The van der Waals surface area contributed by atoms with Gasteiger partial charge in [-0.1, -0.05) is 0 Å². The van der Waals surface area contributed by atoms with Crippen LogP contribution in [0.2, 0.25) is 0 Å². The number of hydrogen-bond acceptors (Lipinski definition) is 5. The van der Waals surface area contributed by atoms with Crippen LogP contribution in [0, 0.1) is 0 Å². The first-order chi connectivity index (χ1) is 12.2. The summed E-state index contributed by atoms with van der Waals surface area (Å²) in [7, 11) is 0. The van der Waals surface area contributed by atoms with Gasteiger partial charge in [0.25, 0.3) is 11.8 Å². The number of likely N-dealkylation sites (tertiary alicyclic amines) is 1. The molecule has 0 spiro atoms. The van der Waals surface area contributed by atoms with E-state index in [1.807, 2.05) is 21.9 Å². The fourth-order valence-corrected chi connectivity index (χ4v) is 4.55. The van der Waals surface area contributed by atoms with Gasteiger partial charge in [0.05, 0.1) is 36.0 Å². The summed E-state index contributed by atoms with van der Waals surface area (Å²) in [6, 6.07) is 5.61. The maximum Gasteiger partial charge on any atom is 0.264 e. The molecule has 4 heterocycles. The molecule has 0 saturated carbocycles. The molecular weight excluding hydrogens is 340 g/mol. The lowest BCUT2D eigenvalue weighted by Crippen LogP contribution is -2.40. The molecule has 2 aromatic heterocycles. The zero-order chi connectivity index (χ0) is 17.2. The number of hydrogen-bond donors (Lipinski definition) is 0. The SMILES string of the molecule is O=C(c1ccc([C@@H]2CCCN2C(=O)c2ccoc2)s1)N1CCOCC1. The van der Waals surface area contributed by atoms with Crippen LogP contribution in [-0.2, 0) is 4.74 Å². The van der Waals surface area contributed by atoms with Gasteiger partial charge in [-0.25, -0.2) is 0 Å². The third-order valence-electron chi connectivity index (χ3n) is 4.75. The van der Waals surface area contributed by atoms with Crippen LogP contribution in [0.5, 0.6) is 0 Å². The quantitative estimate of drug-likeness (QED) is 0.844. The lowest BCUT2D eigenvalue weighted by atomic mass is 10.1. The highest BCUT2D eigenvalue weighted by Crippen LogP contribution is 2.37. The van der Waals surface area contributed by atoms with Crippen molar-refractivity contribution in [1.82, 2.24) is 9.80 Å². The van der Waals surface area contributed by atoms with Crippen LogP contribution in [-0.4, -0.2) is 54.5 Å². The summed E-state index contributed by atoms with van der Waals surface area (Å²) >= 11 is 1.50. The Morgan fingerprint density at radius 1 is 1.08 bits per heavy atom. The van der Waals surface area contributed by atoms with Crippen molar-refractivity contribution in [3.8, 4) is 0 Å². The molecule has 2 amide bonds. The van der Waals surface area contributed by atoms with Gasteiger partial charge in [-0.15, -0.1) is 11.3 Å². The van der Waals surface area contributed by atoms with E-state index in [2.05, 4.69) is 0 Å². The van der Waals surface area contributed by atoms with Gasteiger partial charge in [-0.05, 0) is 31.0 Å². The van der Waals surface area contributed by atoms with Crippen LogP contribution < -0.4 is 0 Å². The lowest BCUT2D eigenvalue weighted by molar-refractivity contribution is 0.0306. The highest BCUT2D eigenvalue weighted by atomic mass is 32.1. The molecule has 2 saturated heterocycles. The average Bonchev–Trinajstić information content (AvgIpc) is 3.42. The summed E-state index contributed by atoms with van der Waals surface area (Å²) in [5.74, 6) is 0.0518. The maximum absolute atomic E-state index is 12.7. The average molecular weight is 360 g/mol. The molecule has 4 rings (SSSR count). The molecule has 0 bridgehead atoms. The molecule has 0 N–H and O–H groups in total. The number of amides is 2. The van der Waals surface area contributed by atoms with Crippen LogP contribution in [0.25, 0.3) is 0 Å². The number of carbonyl (C=O) groups is 2. The second-order valence-corrected chi connectivity index (χ2v) is 7.39. The largest absolute Gasteiger partial charge is 0.472 e. The normalized spacial score (nSPS) is 20.9. The summed E-state index contributed by atoms with van der Waals surface area (Å²) in [6.45, 7) is 3.21. The zero-order valence-electron chi connectivity index (χ0n) is 13.8. The number of thiophene rings is 1. The van der Waals surface area contributed by atoms with Crippen molar-refractivity contribution in [3.05, 3.63) is 46.0 Å².